The summed E-state index contributed by atoms with van der Waals surface area (Å²) >= 11 is 0. The lowest BCUT2D eigenvalue weighted by Gasteiger charge is -2.23. The number of hydrazone groups is 1. The van der Waals surface area contributed by atoms with Gasteiger partial charge in [-0.1, -0.05) is 12.1 Å². The van der Waals surface area contributed by atoms with Crippen LogP contribution in [0, 0.1) is 10.1 Å². The fraction of sp³-hybridized carbons (Fsp3) is 0.185. The summed E-state index contributed by atoms with van der Waals surface area (Å²) in [4.78, 5) is 48.2. The maximum absolute atomic E-state index is 13.3. The number of nitro groups is 1. The van der Waals surface area contributed by atoms with Gasteiger partial charge in [-0.05, 0) is 55.3 Å². The largest absolute Gasteiger partial charge is 0.478 e. The van der Waals surface area contributed by atoms with Crippen LogP contribution in [-0.4, -0.2) is 57.9 Å². The average molecular weight is 530 g/mol. The number of ether oxygens (including phenoxy) is 2. The summed E-state index contributed by atoms with van der Waals surface area (Å²) in [7, 11) is 0. The summed E-state index contributed by atoms with van der Waals surface area (Å²) in [5, 5.41) is 28.9. The Morgan fingerprint density at radius 3 is 2.41 bits per heavy atom. The lowest BCUT2D eigenvalue weighted by molar-refractivity contribution is -0.384. The highest BCUT2D eigenvalue weighted by Crippen LogP contribution is 2.37. The van der Waals surface area contributed by atoms with Crippen molar-refractivity contribution in [1.29, 1.82) is 0 Å². The molecule has 0 radical (unpaired) electrons. The number of carbonyl (C=O) groups excluding carboxylic acids is 2. The summed E-state index contributed by atoms with van der Waals surface area (Å²) < 4.78 is 11.1. The van der Waals surface area contributed by atoms with Crippen LogP contribution in [0.4, 0.5) is 5.69 Å². The number of amides is 2. The third-order valence-corrected chi connectivity index (χ3v) is 6.40. The monoisotopic (exact) mass is 530 g/mol. The molecule has 2 amide bonds. The first-order valence-electron chi connectivity index (χ1n) is 11.9. The first kappa shape index (κ1) is 25.4. The molecule has 1 atom stereocenters. The van der Waals surface area contributed by atoms with Crippen LogP contribution < -0.4 is 14.8 Å². The van der Waals surface area contributed by atoms with Gasteiger partial charge in [0.25, 0.3) is 17.5 Å². The Labute approximate surface area is 221 Å². The van der Waals surface area contributed by atoms with Crippen molar-refractivity contribution in [1.82, 2.24) is 10.3 Å². The molecule has 0 bridgehead atoms. The number of nitro benzene ring substituents is 1. The molecule has 3 aromatic carbocycles. The summed E-state index contributed by atoms with van der Waals surface area (Å²) in [5.41, 5.74) is 2.08. The minimum atomic E-state index is -1.26. The van der Waals surface area contributed by atoms with E-state index < -0.39 is 35.3 Å². The number of benzene rings is 3. The van der Waals surface area contributed by atoms with Gasteiger partial charge in [-0.15, -0.1) is 0 Å². The van der Waals surface area contributed by atoms with E-state index in [1.165, 1.54) is 41.4 Å². The van der Waals surface area contributed by atoms with Gasteiger partial charge in [0.05, 0.1) is 34.3 Å². The molecular formula is C27H22N4O8. The number of carbonyl (C=O) groups is 3. The Morgan fingerprint density at radius 2 is 1.74 bits per heavy atom. The molecule has 12 nitrogen and oxygen atoms in total. The van der Waals surface area contributed by atoms with Crippen LogP contribution >= 0.6 is 0 Å². The molecule has 12 heteroatoms. The number of rotatable bonds is 6. The number of aromatic carboxylic acids is 1. The zero-order valence-corrected chi connectivity index (χ0v) is 20.6. The molecule has 39 heavy (non-hydrogen) atoms. The van der Waals surface area contributed by atoms with Gasteiger partial charge in [-0.3, -0.25) is 19.7 Å². The number of carboxylic acids is 1. The van der Waals surface area contributed by atoms with Crippen molar-refractivity contribution in [3.8, 4) is 11.5 Å². The van der Waals surface area contributed by atoms with Gasteiger partial charge in [-0.2, -0.15) is 5.10 Å². The van der Waals surface area contributed by atoms with E-state index in [0.29, 0.717) is 34.8 Å². The molecule has 0 spiro atoms. The molecule has 2 aliphatic heterocycles. The number of hydrogen-bond acceptors (Lipinski definition) is 8. The van der Waals surface area contributed by atoms with Gasteiger partial charge in [0, 0.05) is 23.3 Å². The Balaban J connectivity index is 1.47. The van der Waals surface area contributed by atoms with Crippen molar-refractivity contribution in [2.24, 2.45) is 5.10 Å². The van der Waals surface area contributed by atoms with Gasteiger partial charge in [0.2, 0.25) is 6.79 Å². The lowest BCUT2D eigenvalue weighted by atomic mass is 9.94. The van der Waals surface area contributed by atoms with Crippen LogP contribution in [-0.2, 0) is 11.2 Å². The Bertz CT molecular complexity index is 1530. The number of nitrogens with one attached hydrogen (secondary N) is 1. The maximum Gasteiger partial charge on any atom is 0.336 e. The molecule has 0 fully saturated rings. The lowest BCUT2D eigenvalue weighted by Crippen LogP contribution is -2.42. The highest BCUT2D eigenvalue weighted by Gasteiger charge is 2.30. The van der Waals surface area contributed by atoms with E-state index in [1.807, 2.05) is 6.07 Å². The van der Waals surface area contributed by atoms with Crippen LogP contribution in [0.25, 0.3) is 0 Å². The minimum Gasteiger partial charge on any atom is -0.478 e. The molecule has 2 heterocycles. The van der Waals surface area contributed by atoms with Gasteiger partial charge in [0.1, 0.15) is 0 Å². The van der Waals surface area contributed by atoms with E-state index in [-0.39, 0.29) is 23.6 Å². The molecule has 2 N–H and O–H groups in total. The first-order valence-corrected chi connectivity index (χ1v) is 11.9. The number of carboxylic acid groups (broad SMARTS) is 1. The predicted molar refractivity (Wildman–Crippen MR) is 137 cm³/mol. The number of hydrogen-bond donors (Lipinski definition) is 2. The number of nitrogens with zero attached hydrogens (tertiary/aromatic N) is 3. The maximum atomic E-state index is 13.3. The zero-order chi connectivity index (χ0) is 27.7. The Hall–Kier alpha value is -5.26. The molecule has 2 aliphatic rings. The van der Waals surface area contributed by atoms with Crippen molar-refractivity contribution in [2.75, 3.05) is 13.3 Å². The summed E-state index contributed by atoms with van der Waals surface area (Å²) in [6.07, 6.45) is 0.396. The van der Waals surface area contributed by atoms with Crippen molar-refractivity contribution in [2.45, 2.75) is 19.4 Å². The minimum absolute atomic E-state index is 0.0706. The van der Waals surface area contributed by atoms with Gasteiger partial charge >= 0.3 is 5.97 Å². The van der Waals surface area contributed by atoms with Gasteiger partial charge < -0.3 is 19.9 Å². The number of fused-ring (bicyclic) bond motifs is 2. The van der Waals surface area contributed by atoms with Crippen molar-refractivity contribution in [3.63, 3.8) is 0 Å². The SMILES string of the molecule is CC1Cc2cc3c(cc2C(c2ccc([N+](=O)[O-])cc2)=NN1C(=O)CNC(=O)c1ccccc1C(=O)O)OCO3. The molecule has 0 aliphatic carbocycles. The standard InChI is InChI=1S/C27H22N4O8/c1-15-10-17-11-22-23(39-14-38-22)12-21(17)25(16-6-8-18(9-7-16)31(36)37)29-30(15)24(32)13-28-26(33)19-4-2-3-5-20(19)27(34)35/h2-9,11-12,15H,10,13-14H2,1H3,(H,28,33)(H,34,35). The Kier molecular flexibility index (Phi) is 6.67. The van der Waals surface area contributed by atoms with E-state index in [2.05, 4.69) is 10.4 Å². The second-order valence-electron chi connectivity index (χ2n) is 8.94. The van der Waals surface area contributed by atoms with Crippen molar-refractivity contribution < 1.29 is 33.9 Å². The summed E-state index contributed by atoms with van der Waals surface area (Å²) in [5.74, 6) is -1.43. The van der Waals surface area contributed by atoms with E-state index in [1.54, 1.807) is 25.1 Å². The number of non-ortho nitro benzene ring substituents is 1. The molecule has 3 aromatic rings. The quantitative estimate of drug-likeness (QED) is 0.363. The normalized spacial score (nSPS) is 15.6. The molecule has 0 aromatic heterocycles. The summed E-state index contributed by atoms with van der Waals surface area (Å²) in [6.45, 7) is 1.44. The summed E-state index contributed by atoms with van der Waals surface area (Å²) in [6, 6.07) is 14.7. The van der Waals surface area contributed by atoms with Crippen LogP contribution in [0.3, 0.4) is 0 Å². The molecule has 1 unspecified atom stereocenters. The van der Waals surface area contributed by atoms with E-state index >= 15 is 0 Å². The van der Waals surface area contributed by atoms with Gasteiger partial charge in [0.15, 0.2) is 11.5 Å². The topological polar surface area (TPSA) is 161 Å². The third-order valence-electron chi connectivity index (χ3n) is 6.40. The molecule has 5 rings (SSSR count). The fourth-order valence-electron chi connectivity index (χ4n) is 4.49. The van der Waals surface area contributed by atoms with E-state index in [0.717, 1.165) is 5.56 Å². The van der Waals surface area contributed by atoms with E-state index in [9.17, 15) is 29.6 Å². The van der Waals surface area contributed by atoms with E-state index in [4.69, 9.17) is 9.47 Å². The highest BCUT2D eigenvalue weighted by atomic mass is 16.7. The highest BCUT2D eigenvalue weighted by molar-refractivity contribution is 6.14. The van der Waals surface area contributed by atoms with Crippen molar-refractivity contribution in [3.05, 3.63) is 98.6 Å². The second kappa shape index (κ2) is 10.2. The van der Waals surface area contributed by atoms with Crippen LogP contribution in [0.5, 0.6) is 11.5 Å². The van der Waals surface area contributed by atoms with Crippen LogP contribution in [0.2, 0.25) is 0 Å². The third kappa shape index (κ3) is 4.99. The van der Waals surface area contributed by atoms with Gasteiger partial charge in [-0.25, -0.2) is 9.80 Å². The van der Waals surface area contributed by atoms with Crippen molar-refractivity contribution >= 4 is 29.2 Å². The van der Waals surface area contributed by atoms with Crippen LogP contribution in [0.1, 0.15) is 44.3 Å². The molecule has 0 saturated heterocycles. The molecular weight excluding hydrogens is 508 g/mol. The first-order chi connectivity index (χ1) is 18.7. The smallest absolute Gasteiger partial charge is 0.336 e. The Morgan fingerprint density at radius 1 is 1.08 bits per heavy atom. The molecule has 0 saturated carbocycles. The fourth-order valence-corrected chi connectivity index (χ4v) is 4.49. The van der Waals surface area contributed by atoms with Crippen LogP contribution in [0.15, 0.2) is 65.8 Å². The zero-order valence-electron chi connectivity index (χ0n) is 20.6. The average Bonchev–Trinajstić information content (AvgIpc) is 3.33. The molecule has 198 valence electrons. The second-order valence-corrected chi connectivity index (χ2v) is 8.94. The predicted octanol–water partition coefficient (Wildman–Crippen LogP) is 2.98.